The van der Waals surface area contributed by atoms with Crippen LogP contribution in [0.1, 0.15) is 75.2 Å². The molecule has 3 atom stereocenters. The molecule has 0 unspecified atom stereocenters. The highest BCUT2D eigenvalue weighted by atomic mass is 16.5. The van der Waals surface area contributed by atoms with Crippen LogP contribution in [0.3, 0.4) is 0 Å². The van der Waals surface area contributed by atoms with Crippen molar-refractivity contribution in [1.29, 1.82) is 0 Å². The molecule has 1 amide bonds. The Morgan fingerprint density at radius 3 is 2.12 bits per heavy atom. The second kappa shape index (κ2) is 17.8. The molecule has 8 rings (SSSR count). The van der Waals surface area contributed by atoms with Crippen LogP contribution in [0.5, 0.6) is 0 Å². The molecule has 294 valence electrons. The molecule has 2 aliphatic heterocycles. The van der Waals surface area contributed by atoms with E-state index < -0.39 is 17.9 Å². The Kier molecular flexibility index (Phi) is 12.2. The summed E-state index contributed by atoms with van der Waals surface area (Å²) in [5, 5.41) is 14.6. The van der Waals surface area contributed by atoms with Gasteiger partial charge in [0.15, 0.2) is 0 Å². The van der Waals surface area contributed by atoms with Gasteiger partial charge >= 0.3 is 11.9 Å². The van der Waals surface area contributed by atoms with Crippen LogP contribution in [0.15, 0.2) is 103 Å². The van der Waals surface area contributed by atoms with Crippen molar-refractivity contribution in [3.63, 3.8) is 0 Å². The summed E-state index contributed by atoms with van der Waals surface area (Å²) in [4.78, 5) is 53.1. The number of likely N-dealkylation sites (tertiary alicyclic amines) is 1. The lowest BCUT2D eigenvalue weighted by Crippen LogP contribution is -2.32. The first kappa shape index (κ1) is 39.2. The number of nitrogens with zero attached hydrogens (tertiary/aromatic N) is 3. The molecule has 2 aromatic heterocycles. The van der Waals surface area contributed by atoms with Gasteiger partial charge in [-0.15, -0.1) is 0 Å². The Bertz CT molecular complexity index is 2310. The molecule has 0 radical (unpaired) electrons. The number of imidazole rings is 2. The first-order chi connectivity index (χ1) is 27.7. The fourth-order valence-corrected chi connectivity index (χ4v) is 7.93. The van der Waals surface area contributed by atoms with Crippen LogP contribution in [0.2, 0.25) is 0 Å². The number of hydrogen-bond donors (Lipinski definition) is 4. The number of amides is 1. The molecule has 4 N–H and O–H groups in total. The molecular formula is C46H50N6O5. The van der Waals surface area contributed by atoms with Crippen LogP contribution in [0.4, 0.5) is 0 Å². The first-order valence-electron chi connectivity index (χ1n) is 19.8. The number of aromatic nitrogens is 4. The van der Waals surface area contributed by atoms with Gasteiger partial charge in [-0.2, -0.15) is 0 Å². The van der Waals surface area contributed by atoms with E-state index in [1.807, 2.05) is 47.6 Å². The van der Waals surface area contributed by atoms with E-state index in [0.717, 1.165) is 77.6 Å². The maximum absolute atomic E-state index is 13.2. The number of nitrogens with one attached hydrogen (secondary N) is 3. The lowest BCUT2D eigenvalue weighted by Gasteiger charge is -2.23. The molecule has 0 bridgehead atoms. The number of carboxylic acid groups (broad SMARTS) is 1. The fourth-order valence-electron chi connectivity index (χ4n) is 7.93. The summed E-state index contributed by atoms with van der Waals surface area (Å²) < 4.78 is 4.38. The van der Waals surface area contributed by atoms with Gasteiger partial charge in [-0.1, -0.05) is 105 Å². The minimum Gasteiger partial charge on any atom is -0.481 e. The van der Waals surface area contributed by atoms with Gasteiger partial charge in [-0.25, -0.2) is 9.97 Å². The van der Waals surface area contributed by atoms with Crippen molar-refractivity contribution < 1.29 is 24.2 Å². The van der Waals surface area contributed by atoms with E-state index in [-0.39, 0.29) is 24.3 Å². The summed E-state index contributed by atoms with van der Waals surface area (Å²) in [6.07, 6.45) is 8.45. The average Bonchev–Trinajstić information content (AvgIpc) is 4.08. The minimum absolute atomic E-state index is 0.0144. The summed E-state index contributed by atoms with van der Waals surface area (Å²) in [7, 11) is 1.25. The van der Waals surface area contributed by atoms with E-state index in [9.17, 15) is 14.4 Å². The summed E-state index contributed by atoms with van der Waals surface area (Å²) in [6, 6.07) is 32.0. The number of carbonyl (C=O) groups is 3. The van der Waals surface area contributed by atoms with Crippen molar-refractivity contribution in [3.8, 4) is 33.6 Å². The second-order valence-electron chi connectivity index (χ2n) is 15.2. The predicted molar refractivity (Wildman–Crippen MR) is 221 cm³/mol. The van der Waals surface area contributed by atoms with Crippen LogP contribution >= 0.6 is 0 Å². The fraction of sp³-hybridized carbons (Fsp3) is 0.326. The molecule has 0 saturated carbocycles. The van der Waals surface area contributed by atoms with Crippen molar-refractivity contribution in [3.05, 3.63) is 121 Å². The van der Waals surface area contributed by atoms with Crippen molar-refractivity contribution >= 4 is 28.6 Å². The molecule has 11 heteroatoms. The molecule has 2 aliphatic rings. The Morgan fingerprint density at radius 2 is 1.44 bits per heavy atom. The van der Waals surface area contributed by atoms with Crippen molar-refractivity contribution in [2.45, 2.75) is 64.5 Å². The molecule has 0 aliphatic carbocycles. The summed E-state index contributed by atoms with van der Waals surface area (Å²) in [5.41, 5.74) is 7.65. The number of fused-ring (bicyclic) bond motifs is 1. The third-order valence-corrected chi connectivity index (χ3v) is 11.1. The molecular weight excluding hydrogens is 717 g/mol. The third-order valence-electron chi connectivity index (χ3n) is 11.1. The predicted octanol–water partition coefficient (Wildman–Crippen LogP) is 8.52. The highest BCUT2D eigenvalue weighted by molar-refractivity contribution is 6.04. The molecule has 57 heavy (non-hydrogen) atoms. The summed E-state index contributed by atoms with van der Waals surface area (Å²) in [5.74, 6) is -0.0820. The lowest BCUT2D eigenvalue weighted by atomic mass is 9.93. The van der Waals surface area contributed by atoms with Gasteiger partial charge in [-0.3, -0.25) is 14.4 Å². The molecule has 11 nitrogen and oxygen atoms in total. The van der Waals surface area contributed by atoms with Crippen LogP contribution in [-0.4, -0.2) is 68.0 Å². The quantitative estimate of drug-likeness (QED) is 0.0958. The van der Waals surface area contributed by atoms with E-state index in [2.05, 4.69) is 80.7 Å². The highest BCUT2D eigenvalue weighted by Gasteiger charge is 2.32. The van der Waals surface area contributed by atoms with E-state index in [4.69, 9.17) is 15.1 Å². The largest absolute Gasteiger partial charge is 0.481 e. The number of carboxylic acids is 1. The topological polar surface area (TPSA) is 153 Å². The molecule has 4 aromatic carbocycles. The van der Waals surface area contributed by atoms with Crippen LogP contribution in [-0.2, 0) is 25.5 Å². The number of rotatable bonds is 11. The summed E-state index contributed by atoms with van der Waals surface area (Å²) >= 11 is 0. The maximum Gasteiger partial charge on any atom is 0.307 e. The molecule has 2 saturated heterocycles. The standard InChI is InChI=1S/C38H36N6O.C8H14O4/c45-36(22-25-8-2-1-3-9-25)44-21-7-13-35(44)38-41-23-33(42-38)27-16-14-26(15-17-27)28-18-19-31(30-11-5-4-10-29(28)30)34-24-40-37(43-34)32-12-6-20-39-32;1-5(2)6(8(10)11)4-7(9)12-3/h1-5,8-11,14-19,23-24,32,35,39H,6-7,12-13,20-22H2,(H,40,43)(H,41,42);5-6H,4H2,1-3H3,(H,10,11)/t32-,35-;6-/m00/s1. The number of benzene rings is 4. The van der Waals surface area contributed by atoms with Crippen LogP contribution in [0.25, 0.3) is 44.4 Å². The molecule has 0 spiro atoms. The average molecular weight is 767 g/mol. The summed E-state index contributed by atoms with van der Waals surface area (Å²) in [6.45, 7) is 5.35. The van der Waals surface area contributed by atoms with E-state index in [0.29, 0.717) is 12.5 Å². The second-order valence-corrected chi connectivity index (χ2v) is 15.2. The van der Waals surface area contributed by atoms with Gasteiger partial charge in [0, 0.05) is 12.1 Å². The maximum atomic E-state index is 13.2. The lowest BCUT2D eigenvalue weighted by molar-refractivity contribution is -0.151. The van der Waals surface area contributed by atoms with Crippen LogP contribution < -0.4 is 5.32 Å². The Hall–Kier alpha value is -6.07. The van der Waals surface area contributed by atoms with Gasteiger partial charge in [0.05, 0.1) is 61.7 Å². The molecule has 6 aromatic rings. The van der Waals surface area contributed by atoms with Gasteiger partial charge in [-0.05, 0) is 71.2 Å². The van der Waals surface area contributed by atoms with Gasteiger partial charge in [0.1, 0.15) is 11.6 Å². The van der Waals surface area contributed by atoms with Crippen LogP contribution in [0, 0.1) is 11.8 Å². The minimum atomic E-state index is -0.949. The van der Waals surface area contributed by atoms with Crippen molar-refractivity contribution in [1.82, 2.24) is 30.2 Å². The first-order valence-corrected chi connectivity index (χ1v) is 19.8. The Balaban J connectivity index is 0.000000360. The number of carbonyl (C=O) groups excluding carboxylic acids is 2. The number of H-pyrrole nitrogens is 2. The number of aromatic amines is 2. The molecule has 2 fully saturated rings. The zero-order chi connectivity index (χ0) is 39.9. The number of methoxy groups -OCH3 is 1. The number of hydrogen-bond acceptors (Lipinski definition) is 7. The SMILES string of the molecule is COC(=O)C[C@H](C(=O)O)C(C)C.O=C(Cc1ccccc1)N1CCC[C@H]1c1ncc(-c2ccc(-c3ccc(-c4cnc([C@@H]5CCCN5)[nH]4)c4ccccc34)cc2)[nH]1. The van der Waals surface area contributed by atoms with Gasteiger partial charge in [0.2, 0.25) is 5.91 Å². The smallest absolute Gasteiger partial charge is 0.307 e. The highest BCUT2D eigenvalue weighted by Crippen LogP contribution is 2.37. The Labute approximate surface area is 332 Å². The zero-order valence-corrected chi connectivity index (χ0v) is 32.7. The number of ether oxygens (including phenoxy) is 1. The number of esters is 1. The monoisotopic (exact) mass is 766 g/mol. The third kappa shape index (κ3) is 8.99. The van der Waals surface area contributed by atoms with E-state index >= 15 is 0 Å². The van der Waals surface area contributed by atoms with E-state index in [1.165, 1.54) is 29.9 Å². The zero-order valence-electron chi connectivity index (χ0n) is 32.7. The van der Waals surface area contributed by atoms with E-state index in [1.54, 1.807) is 13.8 Å². The molecule has 4 heterocycles. The van der Waals surface area contributed by atoms with Crippen molar-refractivity contribution in [2.75, 3.05) is 20.2 Å². The van der Waals surface area contributed by atoms with Gasteiger partial charge < -0.3 is 30.0 Å². The Morgan fingerprint density at radius 1 is 0.789 bits per heavy atom. The van der Waals surface area contributed by atoms with Gasteiger partial charge in [0.25, 0.3) is 0 Å². The normalized spacial score (nSPS) is 17.0. The van der Waals surface area contributed by atoms with Crippen molar-refractivity contribution in [2.24, 2.45) is 11.8 Å². The number of aliphatic carboxylic acids is 1.